The first kappa shape index (κ1) is 35.1. The highest BCUT2D eigenvalue weighted by Crippen LogP contribution is 2.48. The van der Waals surface area contributed by atoms with Gasteiger partial charge in [0.15, 0.2) is 0 Å². The summed E-state index contributed by atoms with van der Waals surface area (Å²) in [5.74, 6) is 0. The summed E-state index contributed by atoms with van der Waals surface area (Å²) in [6.07, 6.45) is 0. The van der Waals surface area contributed by atoms with E-state index in [0.29, 0.717) is 0 Å². The first-order valence-corrected chi connectivity index (χ1v) is 24.2. The smallest absolute Gasteiger partial charge is 0.252 e. The Bertz CT molecular complexity index is 4100. The molecule has 3 aromatic heterocycles. The van der Waals surface area contributed by atoms with Crippen LogP contribution in [0.3, 0.4) is 0 Å². The fraction of sp³-hybridized carbons (Fsp3) is 0. The molecular weight excluding hydrogens is 830 g/mol. The number of anilines is 6. The van der Waals surface area contributed by atoms with Crippen LogP contribution in [-0.2, 0) is 0 Å². The molecule has 0 spiro atoms. The number of benzene rings is 10. The Labute approximate surface area is 389 Å². The number of rotatable bonds is 2. The van der Waals surface area contributed by atoms with E-state index in [1.165, 1.54) is 142 Å². The maximum Gasteiger partial charge on any atom is 0.252 e. The maximum atomic E-state index is 2.59. The summed E-state index contributed by atoms with van der Waals surface area (Å²) in [6.45, 7) is 0.110. The van der Waals surface area contributed by atoms with Crippen LogP contribution in [0, 0.1) is 0 Å². The van der Waals surface area contributed by atoms with Crippen LogP contribution in [0.5, 0.6) is 0 Å². The predicted octanol–water partition coefficient (Wildman–Crippen LogP) is 11.5. The molecule has 0 saturated carbocycles. The van der Waals surface area contributed by atoms with Gasteiger partial charge in [0.25, 0.3) is 13.4 Å². The highest BCUT2D eigenvalue weighted by molar-refractivity contribution is 7.26. The molecule has 7 heteroatoms. The molecule has 0 amide bonds. The van der Waals surface area contributed by atoms with Gasteiger partial charge in [-0.25, -0.2) is 0 Å². The van der Waals surface area contributed by atoms with Gasteiger partial charge in [0.05, 0.1) is 22.1 Å². The van der Waals surface area contributed by atoms with Crippen molar-refractivity contribution in [3.8, 4) is 11.4 Å². The van der Waals surface area contributed by atoms with Crippen molar-refractivity contribution in [2.75, 3.05) is 9.80 Å². The summed E-state index contributed by atoms with van der Waals surface area (Å²) in [6, 6.07) is 78.0. The third-order valence-electron chi connectivity index (χ3n) is 15.6. The molecule has 0 fully saturated rings. The molecule has 0 N–H and O–H groups in total. The second kappa shape index (κ2) is 12.3. The van der Waals surface area contributed by atoms with E-state index < -0.39 is 0 Å². The standard InChI is InChI=1S/C60H34B2N4S/c1-3-15-35(16-4-1)63-51-29-27-39-37-19-7-11-23-47(37)65-49-25-13-9-21-43(49)61(57(51)59(39)65)45-31-41-42-32-46-54(34-56(42)67-55(41)33-53(45)63)64(36-17-5-2-6-18-36)52-30-28-40-38-20-8-12-24-48(38)66-50-26-14-10-22-44(50)62(46)58(52)60(40)66/h1-34H. The van der Waals surface area contributed by atoms with Gasteiger partial charge in [0.2, 0.25) is 0 Å². The van der Waals surface area contributed by atoms with Crippen LogP contribution >= 0.6 is 11.3 Å². The highest BCUT2D eigenvalue weighted by Gasteiger charge is 2.44. The third kappa shape index (κ3) is 4.24. The van der Waals surface area contributed by atoms with E-state index in [0.717, 1.165) is 0 Å². The number of para-hydroxylation sites is 6. The van der Waals surface area contributed by atoms with Crippen LogP contribution < -0.4 is 42.6 Å². The lowest BCUT2D eigenvalue weighted by Crippen LogP contribution is -2.60. The van der Waals surface area contributed by atoms with Gasteiger partial charge in [-0.2, -0.15) is 0 Å². The number of fused-ring (bicyclic) bond motifs is 19. The van der Waals surface area contributed by atoms with E-state index in [2.05, 4.69) is 225 Å². The number of hydrogen-bond acceptors (Lipinski definition) is 3. The number of nitrogens with zero attached hydrogens (tertiary/aromatic N) is 4. The summed E-state index contributed by atoms with van der Waals surface area (Å²) in [5.41, 5.74) is 23.2. The van der Waals surface area contributed by atoms with Crippen LogP contribution in [0.2, 0.25) is 0 Å². The first-order valence-electron chi connectivity index (χ1n) is 23.3. The zero-order chi connectivity index (χ0) is 43.2. The quantitative estimate of drug-likeness (QED) is 0.161. The van der Waals surface area contributed by atoms with Crippen molar-refractivity contribution >= 4 is 155 Å². The number of thiophene rings is 1. The largest absolute Gasteiger partial charge is 0.311 e. The van der Waals surface area contributed by atoms with Crippen molar-refractivity contribution < 1.29 is 0 Å². The summed E-state index contributed by atoms with van der Waals surface area (Å²) < 4.78 is 7.69. The van der Waals surface area contributed by atoms with Gasteiger partial charge in [-0.05, 0) is 116 Å². The second-order valence-corrected chi connectivity index (χ2v) is 19.8. The predicted molar refractivity (Wildman–Crippen MR) is 287 cm³/mol. The normalized spacial score (nSPS) is 13.9. The van der Waals surface area contributed by atoms with E-state index in [4.69, 9.17) is 0 Å². The number of aromatic nitrogens is 2. The molecule has 7 heterocycles. The first-order chi connectivity index (χ1) is 33.3. The summed E-state index contributed by atoms with van der Waals surface area (Å²) >= 11 is 1.93. The van der Waals surface area contributed by atoms with Gasteiger partial charge in [0, 0.05) is 76.4 Å². The van der Waals surface area contributed by atoms with Gasteiger partial charge < -0.3 is 18.9 Å². The Kier molecular flexibility index (Phi) is 6.46. The zero-order valence-electron chi connectivity index (χ0n) is 36.0. The lowest BCUT2D eigenvalue weighted by molar-refractivity contribution is 1.18. The lowest BCUT2D eigenvalue weighted by Gasteiger charge is -2.40. The van der Waals surface area contributed by atoms with Crippen molar-refractivity contribution in [1.29, 1.82) is 0 Å². The van der Waals surface area contributed by atoms with Crippen LogP contribution in [0.25, 0.3) is 75.2 Å². The van der Waals surface area contributed by atoms with Gasteiger partial charge >= 0.3 is 0 Å². The molecule has 0 unspecified atom stereocenters. The van der Waals surface area contributed by atoms with E-state index in [9.17, 15) is 0 Å². The number of hydrogen-bond donors (Lipinski definition) is 0. The topological polar surface area (TPSA) is 16.3 Å². The molecule has 10 aromatic carbocycles. The zero-order valence-corrected chi connectivity index (χ0v) is 36.8. The average Bonchev–Trinajstić information content (AvgIpc) is 4.04. The molecule has 4 nitrogen and oxygen atoms in total. The minimum Gasteiger partial charge on any atom is -0.311 e. The third-order valence-corrected chi connectivity index (χ3v) is 16.8. The Balaban J connectivity index is 0.986. The average molecular weight is 865 g/mol. The molecule has 4 aliphatic heterocycles. The van der Waals surface area contributed by atoms with Gasteiger partial charge in [0.1, 0.15) is 0 Å². The fourth-order valence-corrected chi connectivity index (χ4v) is 14.3. The molecule has 0 radical (unpaired) electrons. The van der Waals surface area contributed by atoms with Crippen molar-refractivity contribution in [1.82, 2.24) is 9.13 Å². The van der Waals surface area contributed by atoms with Crippen molar-refractivity contribution in [3.63, 3.8) is 0 Å². The summed E-state index contributed by atoms with van der Waals surface area (Å²) in [4.78, 5) is 5.09. The maximum absolute atomic E-state index is 2.59. The van der Waals surface area contributed by atoms with E-state index in [1.54, 1.807) is 0 Å². The van der Waals surface area contributed by atoms with Gasteiger partial charge in [-0.1, -0.05) is 133 Å². The van der Waals surface area contributed by atoms with Crippen molar-refractivity contribution in [2.45, 2.75) is 0 Å². The van der Waals surface area contributed by atoms with Crippen LogP contribution in [-0.4, -0.2) is 22.6 Å². The van der Waals surface area contributed by atoms with Crippen LogP contribution in [0.4, 0.5) is 34.1 Å². The van der Waals surface area contributed by atoms with Crippen LogP contribution in [0.15, 0.2) is 206 Å². The van der Waals surface area contributed by atoms with Gasteiger partial charge in [-0.15, -0.1) is 11.3 Å². The van der Waals surface area contributed by atoms with Crippen LogP contribution in [0.1, 0.15) is 0 Å². The SMILES string of the molecule is c1ccc(N2c3cc4sc5cc6c(cc5c4cc3B3c4ccccc4-n4c5ccccc5c5ccc2c3c54)B2c3ccccc3-n3c4ccccc4c4ccc(c2c43)N6c2ccccc2)cc1. The fourth-order valence-electron chi connectivity index (χ4n) is 13.1. The Hall–Kier alpha value is -8.25. The summed E-state index contributed by atoms with van der Waals surface area (Å²) in [7, 11) is 0. The molecular formula is C60H34B2N4S. The van der Waals surface area contributed by atoms with Crippen molar-refractivity contribution in [2.24, 2.45) is 0 Å². The molecule has 17 rings (SSSR count). The monoisotopic (exact) mass is 864 g/mol. The molecule has 4 aliphatic rings. The molecule has 0 atom stereocenters. The Morgan fingerprint density at radius 3 is 1.19 bits per heavy atom. The van der Waals surface area contributed by atoms with E-state index in [-0.39, 0.29) is 13.4 Å². The minimum atomic E-state index is 0.0551. The van der Waals surface area contributed by atoms with E-state index >= 15 is 0 Å². The Morgan fingerprint density at radius 2 is 0.716 bits per heavy atom. The minimum absolute atomic E-state index is 0.0551. The van der Waals surface area contributed by atoms with Crippen molar-refractivity contribution in [3.05, 3.63) is 206 Å². The lowest BCUT2D eigenvalue weighted by atomic mass is 9.33. The Morgan fingerprint density at radius 1 is 0.299 bits per heavy atom. The van der Waals surface area contributed by atoms with E-state index in [1.807, 2.05) is 11.3 Å². The van der Waals surface area contributed by atoms with Gasteiger partial charge in [-0.3, -0.25) is 0 Å². The second-order valence-electron chi connectivity index (χ2n) is 18.7. The molecule has 0 bridgehead atoms. The molecule has 0 saturated heterocycles. The molecule has 306 valence electrons. The molecule has 0 aliphatic carbocycles. The highest BCUT2D eigenvalue weighted by atomic mass is 32.1. The molecule has 13 aromatic rings. The summed E-state index contributed by atoms with van der Waals surface area (Å²) in [5, 5.41) is 7.85. The molecule has 67 heavy (non-hydrogen) atoms.